The van der Waals surface area contributed by atoms with Crippen LogP contribution >= 0.6 is 0 Å². The van der Waals surface area contributed by atoms with E-state index in [2.05, 4.69) is 16.5 Å². The third-order valence-electron chi connectivity index (χ3n) is 4.01. The van der Waals surface area contributed by atoms with E-state index in [1.54, 1.807) is 13.0 Å². The van der Waals surface area contributed by atoms with Gasteiger partial charge < -0.3 is 10.1 Å². The van der Waals surface area contributed by atoms with Crippen LogP contribution in [0.15, 0.2) is 29.1 Å². The summed E-state index contributed by atoms with van der Waals surface area (Å²) in [5.74, 6) is -1.01. The van der Waals surface area contributed by atoms with Crippen molar-refractivity contribution in [3.8, 4) is 11.3 Å². The zero-order chi connectivity index (χ0) is 19.3. The topological polar surface area (TPSA) is 90.3 Å². The molecule has 0 aliphatic heterocycles. The minimum Gasteiger partial charge on any atom is -0.465 e. The monoisotopic (exact) mass is 357 g/mol. The number of nitrogens with one attached hydrogen (secondary N) is 1. The highest BCUT2D eigenvalue weighted by Gasteiger charge is 2.11. The molecule has 1 aromatic heterocycles. The van der Waals surface area contributed by atoms with Crippen molar-refractivity contribution in [3.63, 3.8) is 0 Å². The number of amides is 1. The summed E-state index contributed by atoms with van der Waals surface area (Å²) in [7, 11) is 0. The number of carbonyl (C=O) groups excluding carboxylic acids is 2. The maximum atomic E-state index is 12.0. The summed E-state index contributed by atoms with van der Waals surface area (Å²) in [4.78, 5) is 35.3. The van der Waals surface area contributed by atoms with Crippen molar-refractivity contribution in [2.75, 3.05) is 13.2 Å². The third kappa shape index (κ3) is 4.78. The molecule has 1 amide bonds. The van der Waals surface area contributed by atoms with E-state index in [0.29, 0.717) is 5.69 Å². The van der Waals surface area contributed by atoms with E-state index in [4.69, 9.17) is 4.74 Å². The number of nitrogens with zero attached hydrogens (tertiary/aromatic N) is 2. The van der Waals surface area contributed by atoms with Gasteiger partial charge >= 0.3 is 5.97 Å². The van der Waals surface area contributed by atoms with Gasteiger partial charge in [0.25, 0.3) is 5.56 Å². The molecule has 1 N–H and O–H groups in total. The van der Waals surface area contributed by atoms with Gasteiger partial charge in [0.05, 0.1) is 12.3 Å². The first kappa shape index (κ1) is 19.4. The van der Waals surface area contributed by atoms with Gasteiger partial charge in [0.1, 0.15) is 13.1 Å². The van der Waals surface area contributed by atoms with Crippen LogP contribution in [-0.4, -0.2) is 34.8 Å². The van der Waals surface area contributed by atoms with Gasteiger partial charge in [0.15, 0.2) is 0 Å². The van der Waals surface area contributed by atoms with Crippen molar-refractivity contribution in [1.29, 1.82) is 0 Å². The zero-order valence-electron chi connectivity index (χ0n) is 15.5. The number of ether oxygens (including phenoxy) is 1. The van der Waals surface area contributed by atoms with Crippen LogP contribution < -0.4 is 10.9 Å². The Balaban J connectivity index is 2.20. The van der Waals surface area contributed by atoms with Crippen LogP contribution in [0.25, 0.3) is 11.3 Å². The van der Waals surface area contributed by atoms with Crippen LogP contribution in [0.5, 0.6) is 0 Å². The van der Waals surface area contributed by atoms with Gasteiger partial charge in [-0.1, -0.05) is 6.07 Å². The molecule has 0 bridgehead atoms. The maximum absolute atomic E-state index is 12.0. The lowest BCUT2D eigenvalue weighted by Crippen LogP contribution is -2.36. The lowest BCUT2D eigenvalue weighted by Gasteiger charge is -2.11. The van der Waals surface area contributed by atoms with Crippen molar-refractivity contribution in [3.05, 3.63) is 51.3 Å². The van der Waals surface area contributed by atoms with Gasteiger partial charge in [-0.3, -0.25) is 14.4 Å². The number of aromatic nitrogens is 2. The van der Waals surface area contributed by atoms with Crippen molar-refractivity contribution in [1.82, 2.24) is 15.1 Å². The summed E-state index contributed by atoms with van der Waals surface area (Å²) in [6, 6.07) is 7.11. The standard InChI is InChI=1S/C19H23N3O4/c1-5-26-19(25)10-20-17(23)11-22-18(24)7-6-16(21-22)15-9-13(3)12(2)8-14(15)4/h6-9H,5,10-11H2,1-4H3,(H,20,23). The van der Waals surface area contributed by atoms with E-state index in [9.17, 15) is 14.4 Å². The molecule has 0 fully saturated rings. The van der Waals surface area contributed by atoms with Crippen molar-refractivity contribution >= 4 is 11.9 Å². The average Bonchev–Trinajstić information content (AvgIpc) is 2.59. The second-order valence-corrected chi connectivity index (χ2v) is 6.05. The fraction of sp³-hybridized carbons (Fsp3) is 0.368. The predicted octanol–water partition coefficient (Wildman–Crippen LogP) is 1.51. The summed E-state index contributed by atoms with van der Waals surface area (Å²) in [5.41, 5.74) is 4.48. The molecule has 0 saturated heterocycles. The van der Waals surface area contributed by atoms with E-state index < -0.39 is 11.9 Å². The molecule has 26 heavy (non-hydrogen) atoms. The Bertz CT molecular complexity index is 887. The molecule has 1 heterocycles. The molecule has 2 rings (SSSR count). The van der Waals surface area contributed by atoms with Crippen molar-refractivity contribution in [2.24, 2.45) is 0 Å². The van der Waals surface area contributed by atoms with E-state index >= 15 is 0 Å². The van der Waals surface area contributed by atoms with Crippen LogP contribution in [0, 0.1) is 20.8 Å². The van der Waals surface area contributed by atoms with E-state index in [-0.39, 0.29) is 25.3 Å². The zero-order valence-corrected chi connectivity index (χ0v) is 15.5. The van der Waals surface area contributed by atoms with Crippen LogP contribution in [0.1, 0.15) is 23.6 Å². The summed E-state index contributed by atoms with van der Waals surface area (Å²) in [6.45, 7) is 7.44. The quantitative estimate of drug-likeness (QED) is 0.792. The number of rotatable bonds is 6. The third-order valence-corrected chi connectivity index (χ3v) is 4.01. The molecular formula is C19H23N3O4. The fourth-order valence-electron chi connectivity index (χ4n) is 2.52. The maximum Gasteiger partial charge on any atom is 0.325 e. The molecule has 0 saturated carbocycles. The minimum absolute atomic E-state index is 0.239. The first-order valence-corrected chi connectivity index (χ1v) is 8.40. The smallest absolute Gasteiger partial charge is 0.325 e. The summed E-state index contributed by atoms with van der Waals surface area (Å²) in [5, 5.41) is 6.72. The molecule has 2 aromatic rings. The van der Waals surface area contributed by atoms with Crippen LogP contribution in [-0.2, 0) is 20.9 Å². The lowest BCUT2D eigenvalue weighted by molar-refractivity contribution is -0.143. The average molecular weight is 357 g/mol. The number of hydrogen-bond donors (Lipinski definition) is 1. The van der Waals surface area contributed by atoms with Crippen LogP contribution in [0.4, 0.5) is 0 Å². The second-order valence-electron chi connectivity index (χ2n) is 6.05. The lowest BCUT2D eigenvalue weighted by atomic mass is 9.99. The van der Waals surface area contributed by atoms with Crippen LogP contribution in [0.2, 0.25) is 0 Å². The molecule has 0 radical (unpaired) electrons. The number of esters is 1. The molecule has 7 nitrogen and oxygen atoms in total. The number of aryl methyl sites for hydroxylation is 3. The van der Waals surface area contributed by atoms with E-state index in [1.807, 2.05) is 26.8 Å². The summed E-state index contributed by atoms with van der Waals surface area (Å²) >= 11 is 0. The highest BCUT2D eigenvalue weighted by molar-refractivity contribution is 5.81. The normalized spacial score (nSPS) is 10.5. The van der Waals surface area contributed by atoms with Crippen LogP contribution in [0.3, 0.4) is 0 Å². The van der Waals surface area contributed by atoms with Gasteiger partial charge in [-0.25, -0.2) is 4.68 Å². The molecule has 138 valence electrons. The van der Waals surface area contributed by atoms with Gasteiger partial charge in [-0.05, 0) is 56.5 Å². The van der Waals surface area contributed by atoms with Crippen molar-refractivity contribution in [2.45, 2.75) is 34.2 Å². The van der Waals surface area contributed by atoms with E-state index in [1.165, 1.54) is 11.6 Å². The highest BCUT2D eigenvalue weighted by atomic mass is 16.5. The predicted molar refractivity (Wildman–Crippen MR) is 97.8 cm³/mol. The largest absolute Gasteiger partial charge is 0.465 e. The molecule has 0 aliphatic carbocycles. The Morgan fingerprint density at radius 3 is 2.50 bits per heavy atom. The first-order valence-electron chi connectivity index (χ1n) is 8.40. The Hall–Kier alpha value is -2.96. The summed E-state index contributed by atoms with van der Waals surface area (Å²) < 4.78 is 5.83. The second kappa shape index (κ2) is 8.42. The molecule has 0 spiro atoms. The first-order chi connectivity index (χ1) is 12.3. The van der Waals surface area contributed by atoms with Gasteiger partial charge in [-0.15, -0.1) is 0 Å². The number of benzene rings is 1. The highest BCUT2D eigenvalue weighted by Crippen LogP contribution is 2.24. The number of carbonyl (C=O) groups is 2. The molecule has 0 aliphatic rings. The van der Waals surface area contributed by atoms with E-state index in [0.717, 1.165) is 21.4 Å². The van der Waals surface area contributed by atoms with Gasteiger partial charge in [0, 0.05) is 11.6 Å². The van der Waals surface area contributed by atoms with Crippen molar-refractivity contribution < 1.29 is 14.3 Å². The Morgan fingerprint density at radius 1 is 1.12 bits per heavy atom. The Labute approximate surface area is 152 Å². The molecule has 0 unspecified atom stereocenters. The fourth-order valence-corrected chi connectivity index (χ4v) is 2.52. The van der Waals surface area contributed by atoms with Gasteiger partial charge in [0.2, 0.25) is 5.91 Å². The molecule has 1 aromatic carbocycles. The number of hydrogen-bond acceptors (Lipinski definition) is 5. The molecule has 7 heteroatoms. The summed E-state index contributed by atoms with van der Waals surface area (Å²) in [6.07, 6.45) is 0. The minimum atomic E-state index is -0.527. The van der Waals surface area contributed by atoms with Gasteiger partial charge in [-0.2, -0.15) is 5.10 Å². The Morgan fingerprint density at radius 2 is 1.81 bits per heavy atom. The molecule has 0 atom stereocenters. The molecular weight excluding hydrogens is 334 g/mol. The SMILES string of the molecule is CCOC(=O)CNC(=O)Cn1nc(-c2cc(C)c(C)cc2C)ccc1=O. The Kier molecular flexibility index (Phi) is 6.27.